The van der Waals surface area contributed by atoms with Crippen molar-refractivity contribution in [1.82, 2.24) is 24.7 Å². The first-order chi connectivity index (χ1) is 18.9. The fourth-order valence-corrected chi connectivity index (χ4v) is 6.98. The maximum absolute atomic E-state index is 13.4. The summed E-state index contributed by atoms with van der Waals surface area (Å²) in [5.41, 5.74) is 3.11. The molecule has 7 nitrogen and oxygen atoms in total. The van der Waals surface area contributed by atoms with Gasteiger partial charge in [-0.15, -0.1) is 0 Å². The average molecular weight is 560 g/mol. The Hall–Kier alpha value is -2.56. The number of alkyl halides is 3. The van der Waals surface area contributed by atoms with Gasteiger partial charge in [-0.05, 0) is 70.7 Å². The molecule has 10 heteroatoms. The van der Waals surface area contributed by atoms with E-state index in [1.54, 1.807) is 6.07 Å². The molecule has 1 aromatic carbocycles. The van der Waals surface area contributed by atoms with Gasteiger partial charge in [0.2, 0.25) is 0 Å². The van der Waals surface area contributed by atoms with E-state index in [1.807, 2.05) is 25.7 Å². The Kier molecular flexibility index (Phi) is 7.98. The van der Waals surface area contributed by atoms with Crippen molar-refractivity contribution in [3.05, 3.63) is 58.2 Å². The molecule has 218 valence electrons. The van der Waals surface area contributed by atoms with Crippen molar-refractivity contribution in [2.45, 2.75) is 83.8 Å². The van der Waals surface area contributed by atoms with Gasteiger partial charge in [0.25, 0.3) is 5.91 Å². The topological polar surface area (TPSA) is 61.8 Å². The van der Waals surface area contributed by atoms with Crippen molar-refractivity contribution in [1.29, 1.82) is 0 Å². The van der Waals surface area contributed by atoms with Crippen LogP contribution < -0.4 is 0 Å². The van der Waals surface area contributed by atoms with Crippen LogP contribution >= 0.6 is 0 Å². The standard InChI is InChI=1S/C30H40F3N5O2/c1-6-40-25-16-22-15-23(30(31,32)33)7-8-24(22)27(25)38-14-13-37(17-19(38)2)29(5)9-11-36(12-10-29)28(39)26-20(3)34-18-35-21(26)4/h7-8,15,18-19,25,27H,6,9-14,16-17H2,1-5H3/t19?,25-,27+/m0/s1. The van der Waals surface area contributed by atoms with Crippen molar-refractivity contribution in [3.63, 3.8) is 0 Å². The number of likely N-dealkylation sites (tertiary alicyclic amines) is 1. The van der Waals surface area contributed by atoms with Gasteiger partial charge in [0.05, 0.1) is 34.7 Å². The summed E-state index contributed by atoms with van der Waals surface area (Å²) >= 11 is 0. The minimum Gasteiger partial charge on any atom is -0.376 e. The predicted molar refractivity (Wildman–Crippen MR) is 146 cm³/mol. The largest absolute Gasteiger partial charge is 0.416 e. The number of benzene rings is 1. The molecular formula is C30H40F3N5O2. The third-order valence-electron chi connectivity index (χ3n) is 9.31. The van der Waals surface area contributed by atoms with Gasteiger partial charge in [-0.2, -0.15) is 13.2 Å². The quantitative estimate of drug-likeness (QED) is 0.524. The van der Waals surface area contributed by atoms with E-state index in [9.17, 15) is 18.0 Å². The second-order valence-electron chi connectivity index (χ2n) is 11.8. The minimum atomic E-state index is -4.35. The second-order valence-corrected chi connectivity index (χ2v) is 11.8. The maximum Gasteiger partial charge on any atom is 0.416 e. The smallest absolute Gasteiger partial charge is 0.376 e. The molecule has 0 spiro atoms. The molecular weight excluding hydrogens is 519 g/mol. The highest BCUT2D eigenvalue weighted by atomic mass is 19.4. The van der Waals surface area contributed by atoms with Crippen molar-refractivity contribution >= 4 is 5.91 Å². The van der Waals surface area contributed by atoms with Gasteiger partial charge < -0.3 is 9.64 Å². The highest BCUT2D eigenvalue weighted by Gasteiger charge is 2.45. The van der Waals surface area contributed by atoms with E-state index in [4.69, 9.17) is 4.74 Å². The number of aryl methyl sites for hydroxylation is 2. The molecule has 40 heavy (non-hydrogen) atoms. The number of amides is 1. The molecule has 3 aliphatic rings. The summed E-state index contributed by atoms with van der Waals surface area (Å²) in [6.07, 6.45) is -0.754. The Morgan fingerprint density at radius 2 is 1.77 bits per heavy atom. The first kappa shape index (κ1) is 29.0. The van der Waals surface area contributed by atoms with E-state index in [-0.39, 0.29) is 29.6 Å². The van der Waals surface area contributed by atoms with Crippen LogP contribution in [0.25, 0.3) is 0 Å². The van der Waals surface area contributed by atoms with E-state index < -0.39 is 11.7 Å². The molecule has 2 saturated heterocycles. The van der Waals surface area contributed by atoms with Crippen LogP contribution in [0.3, 0.4) is 0 Å². The molecule has 3 atom stereocenters. The summed E-state index contributed by atoms with van der Waals surface area (Å²) in [7, 11) is 0. The number of hydrogen-bond acceptors (Lipinski definition) is 6. The van der Waals surface area contributed by atoms with E-state index in [1.165, 1.54) is 18.5 Å². The van der Waals surface area contributed by atoms with Crippen LogP contribution in [0, 0.1) is 13.8 Å². The maximum atomic E-state index is 13.4. The molecule has 2 fully saturated rings. The number of halogens is 3. The summed E-state index contributed by atoms with van der Waals surface area (Å²) in [5, 5.41) is 0. The molecule has 1 unspecified atom stereocenters. The van der Waals surface area contributed by atoms with Gasteiger partial charge in [-0.3, -0.25) is 14.6 Å². The fraction of sp³-hybridized carbons (Fsp3) is 0.633. The molecule has 3 heterocycles. The lowest BCUT2D eigenvalue weighted by molar-refractivity contribution is -0.137. The summed E-state index contributed by atoms with van der Waals surface area (Å²) in [4.78, 5) is 28.6. The molecule has 2 aliphatic heterocycles. The van der Waals surface area contributed by atoms with Gasteiger partial charge in [0, 0.05) is 57.3 Å². The average Bonchev–Trinajstić information content (AvgIpc) is 3.25. The normalized spacial score (nSPS) is 25.7. The lowest BCUT2D eigenvalue weighted by Crippen LogP contribution is -2.62. The third-order valence-corrected chi connectivity index (χ3v) is 9.31. The zero-order valence-electron chi connectivity index (χ0n) is 24.1. The first-order valence-electron chi connectivity index (χ1n) is 14.3. The SMILES string of the molecule is CCO[C@H]1Cc2cc(C(F)(F)F)ccc2[C@H]1N1CCN(C2(C)CCN(C(=O)c3c(C)ncnc3C)CC2)CC1C. The fourth-order valence-electron chi connectivity index (χ4n) is 6.98. The van der Waals surface area contributed by atoms with Crippen molar-refractivity contribution in [3.8, 4) is 0 Å². The van der Waals surface area contributed by atoms with Gasteiger partial charge in [-0.1, -0.05) is 6.07 Å². The van der Waals surface area contributed by atoms with Crippen molar-refractivity contribution in [2.24, 2.45) is 0 Å². The lowest BCUT2D eigenvalue weighted by Gasteiger charge is -2.53. The van der Waals surface area contributed by atoms with Crippen LogP contribution in [0.5, 0.6) is 0 Å². The van der Waals surface area contributed by atoms with E-state index in [0.717, 1.165) is 43.6 Å². The Balaban J connectivity index is 1.26. The van der Waals surface area contributed by atoms with E-state index in [2.05, 4.69) is 33.6 Å². The Morgan fingerprint density at radius 1 is 1.10 bits per heavy atom. The number of ether oxygens (including phenoxy) is 1. The van der Waals surface area contributed by atoms with Gasteiger partial charge >= 0.3 is 6.18 Å². The summed E-state index contributed by atoms with van der Waals surface area (Å²) < 4.78 is 46.3. The van der Waals surface area contributed by atoms with Crippen LogP contribution in [-0.2, 0) is 17.3 Å². The minimum absolute atomic E-state index is 0.00591. The molecule has 0 N–H and O–H groups in total. The highest BCUT2D eigenvalue weighted by Crippen LogP contribution is 2.43. The molecule has 0 radical (unpaired) electrons. The van der Waals surface area contributed by atoms with E-state index >= 15 is 0 Å². The number of carbonyl (C=O) groups is 1. The zero-order valence-corrected chi connectivity index (χ0v) is 24.1. The van der Waals surface area contributed by atoms with Gasteiger partial charge in [-0.25, -0.2) is 9.97 Å². The second kappa shape index (κ2) is 11.0. The summed E-state index contributed by atoms with van der Waals surface area (Å²) in [6.45, 7) is 14.6. The van der Waals surface area contributed by atoms with Crippen molar-refractivity contribution < 1.29 is 22.7 Å². The first-order valence-corrected chi connectivity index (χ1v) is 14.3. The molecule has 0 saturated carbocycles. The Bertz CT molecular complexity index is 1220. The number of piperazine rings is 1. The zero-order chi connectivity index (χ0) is 28.8. The van der Waals surface area contributed by atoms with Gasteiger partial charge in [0.1, 0.15) is 6.33 Å². The molecule has 2 aromatic rings. The van der Waals surface area contributed by atoms with E-state index in [0.29, 0.717) is 43.1 Å². The number of fused-ring (bicyclic) bond motifs is 1. The summed E-state index contributed by atoms with van der Waals surface area (Å²) in [5.74, 6) is 0.00591. The Morgan fingerprint density at radius 3 is 2.38 bits per heavy atom. The number of carbonyl (C=O) groups excluding carboxylic acids is 1. The van der Waals surface area contributed by atoms with Crippen molar-refractivity contribution in [2.75, 3.05) is 39.3 Å². The van der Waals surface area contributed by atoms with Crippen LogP contribution in [0.2, 0.25) is 0 Å². The molecule has 0 bridgehead atoms. The number of rotatable bonds is 5. The van der Waals surface area contributed by atoms with Gasteiger partial charge in [0.15, 0.2) is 0 Å². The van der Waals surface area contributed by atoms with Crippen LogP contribution in [0.15, 0.2) is 24.5 Å². The molecule has 1 amide bonds. The lowest BCUT2D eigenvalue weighted by atomic mass is 9.86. The number of nitrogens with zero attached hydrogens (tertiary/aromatic N) is 5. The summed E-state index contributed by atoms with van der Waals surface area (Å²) in [6, 6.07) is 4.33. The third kappa shape index (κ3) is 5.37. The van der Waals surface area contributed by atoms with Crippen LogP contribution in [-0.4, -0.2) is 87.6 Å². The molecule has 1 aliphatic carbocycles. The molecule has 5 rings (SSSR count). The number of aromatic nitrogens is 2. The number of piperidine rings is 1. The predicted octanol–water partition coefficient (Wildman–Crippen LogP) is 4.82. The highest BCUT2D eigenvalue weighted by molar-refractivity contribution is 5.96. The monoisotopic (exact) mass is 559 g/mol. The molecule has 1 aromatic heterocycles. The van der Waals surface area contributed by atoms with Crippen LogP contribution in [0.1, 0.15) is 78.1 Å². The Labute approximate surface area is 234 Å². The number of hydrogen-bond donors (Lipinski definition) is 0. The van der Waals surface area contributed by atoms with Crippen LogP contribution in [0.4, 0.5) is 13.2 Å².